The number of nitrogen functional groups attached to an aromatic ring is 1. The fourth-order valence-corrected chi connectivity index (χ4v) is 0.986. The molecule has 0 aliphatic rings. The Kier molecular flexibility index (Phi) is 14.4. The second kappa shape index (κ2) is 11.0. The molecule has 0 spiro atoms. The Morgan fingerprint density at radius 2 is 1.94 bits per heavy atom. The summed E-state index contributed by atoms with van der Waals surface area (Å²) in [6, 6.07) is 2.08. The highest BCUT2D eigenvalue weighted by atomic mass is 35.5. The van der Waals surface area contributed by atoms with Crippen molar-refractivity contribution in [3.63, 3.8) is 0 Å². The fourth-order valence-electron chi connectivity index (χ4n) is 0.986. The minimum absolute atomic E-state index is 0. The van der Waals surface area contributed by atoms with Gasteiger partial charge in [0.2, 0.25) is 0 Å². The fraction of sp³-hybridized carbons (Fsp3) is 0.300. The Labute approximate surface area is 115 Å². The molecule has 1 rings (SSSR count). The van der Waals surface area contributed by atoms with Gasteiger partial charge in [-0.25, -0.2) is 0 Å². The lowest BCUT2D eigenvalue weighted by Gasteiger charge is -1.98. The Hall–Kier alpha value is -0.480. The standard InChI is InChI=1S/C10H15N3.3ClH/c1-8(11)3-2-4-9-5-10(12)7-13-6-9;;;/h2,4-8H,3,11-12H2,1H3;3*1H/b4-2+;;;/t8-;;;/m0.../s1. The third-order valence-corrected chi connectivity index (χ3v) is 1.60. The van der Waals surface area contributed by atoms with E-state index in [1.165, 1.54) is 0 Å². The summed E-state index contributed by atoms with van der Waals surface area (Å²) in [5, 5.41) is 0. The Balaban J connectivity index is -0.000000563. The Bertz CT molecular complexity index is 303. The van der Waals surface area contributed by atoms with E-state index < -0.39 is 0 Å². The third-order valence-electron chi connectivity index (χ3n) is 1.60. The maximum atomic E-state index is 5.59. The maximum absolute atomic E-state index is 5.59. The molecule has 0 aliphatic carbocycles. The maximum Gasteiger partial charge on any atom is 0.0506 e. The van der Waals surface area contributed by atoms with E-state index in [0.717, 1.165) is 12.0 Å². The summed E-state index contributed by atoms with van der Waals surface area (Å²) in [5.41, 5.74) is 12.9. The summed E-state index contributed by atoms with van der Waals surface area (Å²) in [6.45, 7) is 1.97. The Morgan fingerprint density at radius 3 is 2.44 bits per heavy atom. The zero-order valence-electron chi connectivity index (χ0n) is 9.00. The molecule has 4 N–H and O–H groups in total. The van der Waals surface area contributed by atoms with Gasteiger partial charge in [0, 0.05) is 18.4 Å². The first-order chi connectivity index (χ1) is 6.18. The first-order valence-electron chi connectivity index (χ1n) is 4.31. The van der Waals surface area contributed by atoms with E-state index in [1.807, 2.05) is 25.1 Å². The molecule has 0 fully saturated rings. The number of nitrogens with two attached hydrogens (primary N) is 2. The van der Waals surface area contributed by atoms with Crippen LogP contribution in [0.4, 0.5) is 5.69 Å². The van der Waals surface area contributed by atoms with Crippen molar-refractivity contribution in [2.24, 2.45) is 5.73 Å². The number of pyridine rings is 1. The van der Waals surface area contributed by atoms with Gasteiger partial charge < -0.3 is 11.5 Å². The molecule has 1 aromatic rings. The first-order valence-corrected chi connectivity index (χ1v) is 4.31. The van der Waals surface area contributed by atoms with Crippen molar-refractivity contribution in [1.82, 2.24) is 4.98 Å². The highest BCUT2D eigenvalue weighted by molar-refractivity contribution is 5.86. The van der Waals surface area contributed by atoms with Crippen molar-refractivity contribution in [3.05, 3.63) is 30.1 Å². The minimum atomic E-state index is 0. The molecule has 1 atom stereocenters. The molecule has 94 valence electrons. The number of nitrogens with zero attached hydrogens (tertiary/aromatic N) is 1. The summed E-state index contributed by atoms with van der Waals surface area (Å²) in [5.74, 6) is 0. The molecule has 1 aromatic heterocycles. The summed E-state index contributed by atoms with van der Waals surface area (Å²) < 4.78 is 0. The molecule has 0 radical (unpaired) electrons. The van der Waals surface area contributed by atoms with Crippen LogP contribution in [0.3, 0.4) is 0 Å². The number of hydrogen-bond acceptors (Lipinski definition) is 3. The van der Waals surface area contributed by atoms with Crippen molar-refractivity contribution in [1.29, 1.82) is 0 Å². The molecule has 0 bridgehead atoms. The van der Waals surface area contributed by atoms with Crippen LogP contribution >= 0.6 is 37.2 Å². The van der Waals surface area contributed by atoms with Gasteiger partial charge >= 0.3 is 0 Å². The van der Waals surface area contributed by atoms with Crippen molar-refractivity contribution in [2.45, 2.75) is 19.4 Å². The smallest absolute Gasteiger partial charge is 0.0506 e. The van der Waals surface area contributed by atoms with E-state index in [1.54, 1.807) is 12.4 Å². The van der Waals surface area contributed by atoms with Crippen LogP contribution in [-0.4, -0.2) is 11.0 Å². The van der Waals surface area contributed by atoms with Crippen LogP contribution < -0.4 is 11.5 Å². The number of anilines is 1. The van der Waals surface area contributed by atoms with Crippen LogP contribution in [0.1, 0.15) is 18.9 Å². The lowest BCUT2D eigenvalue weighted by atomic mass is 10.2. The number of halogens is 3. The molecule has 0 amide bonds. The van der Waals surface area contributed by atoms with Gasteiger partial charge in [0.1, 0.15) is 0 Å². The molecule has 6 heteroatoms. The highest BCUT2D eigenvalue weighted by Gasteiger charge is 1.90. The van der Waals surface area contributed by atoms with Gasteiger partial charge in [0.25, 0.3) is 0 Å². The van der Waals surface area contributed by atoms with Crippen LogP contribution in [-0.2, 0) is 0 Å². The zero-order valence-corrected chi connectivity index (χ0v) is 11.4. The molecule has 0 aliphatic heterocycles. The van der Waals surface area contributed by atoms with Crippen LogP contribution in [0.5, 0.6) is 0 Å². The largest absolute Gasteiger partial charge is 0.397 e. The van der Waals surface area contributed by atoms with Crippen molar-refractivity contribution >= 4 is 49.0 Å². The first kappa shape index (κ1) is 20.9. The molecule has 0 saturated carbocycles. The Morgan fingerprint density at radius 1 is 1.31 bits per heavy atom. The van der Waals surface area contributed by atoms with Crippen molar-refractivity contribution in [3.8, 4) is 0 Å². The molecular weight excluding hydrogens is 268 g/mol. The summed E-state index contributed by atoms with van der Waals surface area (Å²) in [6.07, 6.45) is 8.28. The van der Waals surface area contributed by atoms with E-state index >= 15 is 0 Å². The predicted octanol–water partition coefficient (Wildman–Crippen LogP) is 2.68. The SMILES string of the molecule is C[C@H](N)C/C=C/c1cncc(N)c1.Cl.Cl.Cl. The van der Waals surface area contributed by atoms with E-state index in [0.29, 0.717) is 5.69 Å². The molecular formula is C10H18Cl3N3. The molecule has 0 saturated heterocycles. The lowest BCUT2D eigenvalue weighted by molar-refractivity contribution is 0.759. The topological polar surface area (TPSA) is 64.9 Å². The number of rotatable bonds is 3. The summed E-state index contributed by atoms with van der Waals surface area (Å²) in [7, 11) is 0. The number of hydrogen-bond donors (Lipinski definition) is 2. The minimum Gasteiger partial charge on any atom is -0.397 e. The third kappa shape index (κ3) is 8.80. The van der Waals surface area contributed by atoms with Crippen LogP contribution in [0.15, 0.2) is 24.5 Å². The quantitative estimate of drug-likeness (QED) is 0.898. The van der Waals surface area contributed by atoms with E-state index in [-0.39, 0.29) is 43.3 Å². The summed E-state index contributed by atoms with van der Waals surface area (Å²) >= 11 is 0. The lowest BCUT2D eigenvalue weighted by Crippen LogP contribution is -2.12. The number of aromatic nitrogens is 1. The van der Waals surface area contributed by atoms with Gasteiger partial charge in [-0.2, -0.15) is 0 Å². The zero-order chi connectivity index (χ0) is 9.68. The van der Waals surface area contributed by atoms with Crippen LogP contribution in [0, 0.1) is 0 Å². The molecule has 16 heavy (non-hydrogen) atoms. The van der Waals surface area contributed by atoms with Crippen molar-refractivity contribution < 1.29 is 0 Å². The van der Waals surface area contributed by atoms with Gasteiger partial charge in [-0.05, 0) is 25.0 Å². The average Bonchev–Trinajstić information content (AvgIpc) is 2.03. The van der Waals surface area contributed by atoms with Crippen LogP contribution in [0.25, 0.3) is 6.08 Å². The molecule has 1 heterocycles. The molecule has 0 aromatic carbocycles. The summed E-state index contributed by atoms with van der Waals surface area (Å²) in [4.78, 5) is 3.97. The van der Waals surface area contributed by atoms with E-state index in [4.69, 9.17) is 11.5 Å². The van der Waals surface area contributed by atoms with Gasteiger partial charge in [-0.15, -0.1) is 37.2 Å². The highest BCUT2D eigenvalue weighted by Crippen LogP contribution is 2.06. The van der Waals surface area contributed by atoms with Gasteiger partial charge in [-0.3, -0.25) is 4.98 Å². The second-order valence-electron chi connectivity index (χ2n) is 3.17. The van der Waals surface area contributed by atoms with E-state index in [2.05, 4.69) is 4.98 Å². The molecule has 3 nitrogen and oxygen atoms in total. The monoisotopic (exact) mass is 285 g/mol. The normalized spacial score (nSPS) is 10.9. The molecule has 0 unspecified atom stereocenters. The predicted molar refractivity (Wildman–Crippen MR) is 77.7 cm³/mol. The van der Waals surface area contributed by atoms with Gasteiger partial charge in [0.15, 0.2) is 0 Å². The van der Waals surface area contributed by atoms with Gasteiger partial charge in [0.05, 0.1) is 5.69 Å². The van der Waals surface area contributed by atoms with Gasteiger partial charge in [-0.1, -0.05) is 12.2 Å². The van der Waals surface area contributed by atoms with Crippen molar-refractivity contribution in [2.75, 3.05) is 5.73 Å². The second-order valence-corrected chi connectivity index (χ2v) is 3.17. The average molecular weight is 287 g/mol. The van der Waals surface area contributed by atoms with E-state index in [9.17, 15) is 0 Å². The van der Waals surface area contributed by atoms with Crippen LogP contribution in [0.2, 0.25) is 0 Å².